The van der Waals surface area contributed by atoms with Crippen LogP contribution >= 0.6 is 0 Å². The molecule has 0 spiro atoms. The third-order valence-electron chi connectivity index (χ3n) is 2.91. The van der Waals surface area contributed by atoms with Crippen molar-refractivity contribution in [3.05, 3.63) is 41.7 Å². The maximum Gasteiger partial charge on any atom is 0.335 e. The smallest absolute Gasteiger partial charge is 0.335 e. The maximum absolute atomic E-state index is 10.9. The molecule has 0 saturated heterocycles. The summed E-state index contributed by atoms with van der Waals surface area (Å²) >= 11 is 0. The van der Waals surface area contributed by atoms with Crippen LogP contribution in [0.3, 0.4) is 0 Å². The van der Waals surface area contributed by atoms with Crippen LogP contribution in [0, 0.1) is 6.92 Å². The molecule has 0 aliphatic rings. The Morgan fingerprint density at radius 3 is 2.95 bits per heavy atom. The lowest BCUT2D eigenvalue weighted by molar-refractivity contribution is 0.0697. The Morgan fingerprint density at radius 1 is 1.50 bits per heavy atom. The van der Waals surface area contributed by atoms with Gasteiger partial charge in [-0.2, -0.15) is 5.10 Å². The molecule has 1 heterocycles. The van der Waals surface area contributed by atoms with Gasteiger partial charge in [0, 0.05) is 19.0 Å². The normalized spacial score (nSPS) is 10.5. The van der Waals surface area contributed by atoms with E-state index in [4.69, 9.17) is 9.84 Å². The number of carboxylic acids is 1. The van der Waals surface area contributed by atoms with Gasteiger partial charge in [0.05, 0.1) is 30.6 Å². The van der Waals surface area contributed by atoms with Crippen molar-refractivity contribution in [1.29, 1.82) is 0 Å². The average molecular weight is 275 g/mol. The molecule has 0 amide bonds. The number of methoxy groups -OCH3 is 1. The van der Waals surface area contributed by atoms with E-state index < -0.39 is 5.97 Å². The standard InChI is InChI=1S/C14H17N3O3/c1-10-7-11(14(18)19)3-4-13(10)16-12-8-15-17(9-12)5-6-20-2/h3-4,7-9,16H,5-6H2,1-2H3,(H,18,19). The number of aryl methyl sites for hydroxylation is 1. The van der Waals surface area contributed by atoms with Crippen molar-refractivity contribution in [2.75, 3.05) is 19.0 Å². The number of nitrogens with zero attached hydrogens (tertiary/aromatic N) is 2. The Hall–Kier alpha value is -2.34. The number of hydrogen-bond acceptors (Lipinski definition) is 4. The largest absolute Gasteiger partial charge is 0.478 e. The Kier molecular flexibility index (Phi) is 4.37. The first-order valence-corrected chi connectivity index (χ1v) is 6.22. The molecular formula is C14H17N3O3. The Bertz CT molecular complexity index is 607. The SMILES string of the molecule is COCCn1cc(Nc2ccc(C(=O)O)cc2C)cn1. The molecule has 0 aliphatic heterocycles. The third kappa shape index (κ3) is 3.36. The molecule has 1 aromatic carbocycles. The first-order valence-electron chi connectivity index (χ1n) is 6.22. The molecule has 2 rings (SSSR count). The number of aromatic nitrogens is 2. The van der Waals surface area contributed by atoms with E-state index in [1.165, 1.54) is 0 Å². The number of ether oxygens (including phenoxy) is 1. The summed E-state index contributed by atoms with van der Waals surface area (Å²) in [5.41, 5.74) is 2.87. The van der Waals surface area contributed by atoms with Crippen molar-refractivity contribution >= 4 is 17.3 Å². The Balaban J connectivity index is 2.09. The number of rotatable bonds is 6. The molecule has 0 aliphatic carbocycles. The van der Waals surface area contributed by atoms with Gasteiger partial charge in [0.15, 0.2) is 0 Å². The van der Waals surface area contributed by atoms with Gasteiger partial charge in [-0.1, -0.05) is 0 Å². The zero-order valence-corrected chi connectivity index (χ0v) is 11.5. The predicted octanol–water partition coefficient (Wildman–Crippen LogP) is 2.28. The number of carbonyl (C=O) groups is 1. The van der Waals surface area contributed by atoms with Gasteiger partial charge in [-0.05, 0) is 30.7 Å². The van der Waals surface area contributed by atoms with Gasteiger partial charge in [-0.15, -0.1) is 0 Å². The zero-order valence-electron chi connectivity index (χ0n) is 11.5. The van der Waals surface area contributed by atoms with Crippen LogP contribution in [-0.4, -0.2) is 34.6 Å². The molecule has 2 N–H and O–H groups in total. The van der Waals surface area contributed by atoms with Gasteiger partial charge < -0.3 is 15.2 Å². The molecule has 0 bridgehead atoms. The summed E-state index contributed by atoms with van der Waals surface area (Å²) in [4.78, 5) is 10.9. The van der Waals surface area contributed by atoms with Crippen molar-refractivity contribution in [1.82, 2.24) is 9.78 Å². The van der Waals surface area contributed by atoms with Crippen molar-refractivity contribution in [2.24, 2.45) is 0 Å². The highest BCUT2D eigenvalue weighted by molar-refractivity contribution is 5.88. The highest BCUT2D eigenvalue weighted by atomic mass is 16.5. The summed E-state index contributed by atoms with van der Waals surface area (Å²) in [7, 11) is 1.65. The molecule has 6 heteroatoms. The zero-order chi connectivity index (χ0) is 14.5. The molecule has 106 valence electrons. The van der Waals surface area contributed by atoms with Crippen LogP contribution in [0.2, 0.25) is 0 Å². The second-order valence-corrected chi connectivity index (χ2v) is 4.44. The van der Waals surface area contributed by atoms with Gasteiger partial charge in [-0.25, -0.2) is 4.79 Å². The fraction of sp³-hybridized carbons (Fsp3) is 0.286. The van der Waals surface area contributed by atoms with E-state index in [2.05, 4.69) is 10.4 Å². The van der Waals surface area contributed by atoms with E-state index in [9.17, 15) is 4.79 Å². The lowest BCUT2D eigenvalue weighted by Crippen LogP contribution is -2.04. The van der Waals surface area contributed by atoms with Crippen molar-refractivity contribution in [3.8, 4) is 0 Å². The van der Waals surface area contributed by atoms with Crippen molar-refractivity contribution in [3.63, 3.8) is 0 Å². The molecule has 0 unspecified atom stereocenters. The summed E-state index contributed by atoms with van der Waals surface area (Å²) in [6.07, 6.45) is 3.60. The first-order chi connectivity index (χ1) is 9.60. The van der Waals surface area contributed by atoms with E-state index in [1.807, 2.05) is 13.1 Å². The number of carboxylic acid groups (broad SMARTS) is 1. The predicted molar refractivity (Wildman–Crippen MR) is 75.5 cm³/mol. The summed E-state index contributed by atoms with van der Waals surface area (Å²) in [6, 6.07) is 4.97. The highest BCUT2D eigenvalue weighted by Gasteiger charge is 2.06. The summed E-state index contributed by atoms with van der Waals surface area (Å²) in [6.45, 7) is 3.16. The fourth-order valence-corrected chi connectivity index (χ4v) is 1.83. The third-order valence-corrected chi connectivity index (χ3v) is 2.91. The van der Waals surface area contributed by atoms with Gasteiger partial charge in [0.25, 0.3) is 0 Å². The van der Waals surface area contributed by atoms with Crippen LogP contribution in [0.5, 0.6) is 0 Å². The lowest BCUT2D eigenvalue weighted by atomic mass is 10.1. The number of nitrogens with one attached hydrogen (secondary N) is 1. The molecule has 0 radical (unpaired) electrons. The monoisotopic (exact) mass is 275 g/mol. The number of hydrogen-bond donors (Lipinski definition) is 2. The molecule has 6 nitrogen and oxygen atoms in total. The minimum absolute atomic E-state index is 0.281. The summed E-state index contributed by atoms with van der Waals surface area (Å²) in [5.74, 6) is -0.924. The fourth-order valence-electron chi connectivity index (χ4n) is 1.83. The van der Waals surface area contributed by atoms with Crippen LogP contribution in [0.25, 0.3) is 0 Å². The summed E-state index contributed by atoms with van der Waals surface area (Å²) < 4.78 is 6.78. The number of aromatic carboxylic acids is 1. The quantitative estimate of drug-likeness (QED) is 0.845. The van der Waals surface area contributed by atoms with E-state index in [-0.39, 0.29) is 5.56 Å². The molecule has 20 heavy (non-hydrogen) atoms. The van der Waals surface area contributed by atoms with Crippen LogP contribution in [0.1, 0.15) is 15.9 Å². The first kappa shape index (κ1) is 14.1. The average Bonchev–Trinajstić information content (AvgIpc) is 2.86. The number of benzene rings is 1. The van der Waals surface area contributed by atoms with Crippen LogP contribution in [0.15, 0.2) is 30.6 Å². The molecule has 0 saturated carbocycles. The van der Waals surface area contributed by atoms with E-state index in [1.54, 1.807) is 36.2 Å². The maximum atomic E-state index is 10.9. The minimum Gasteiger partial charge on any atom is -0.478 e. The molecular weight excluding hydrogens is 258 g/mol. The summed E-state index contributed by atoms with van der Waals surface area (Å²) in [5, 5.41) is 16.4. The Morgan fingerprint density at radius 2 is 2.30 bits per heavy atom. The van der Waals surface area contributed by atoms with Crippen LogP contribution in [-0.2, 0) is 11.3 Å². The van der Waals surface area contributed by atoms with Crippen molar-refractivity contribution < 1.29 is 14.6 Å². The molecule has 0 fully saturated rings. The number of anilines is 2. The van der Waals surface area contributed by atoms with Gasteiger partial charge in [0.1, 0.15) is 0 Å². The van der Waals surface area contributed by atoms with Crippen LogP contribution in [0.4, 0.5) is 11.4 Å². The minimum atomic E-state index is -0.924. The van der Waals surface area contributed by atoms with E-state index in [0.29, 0.717) is 13.2 Å². The van der Waals surface area contributed by atoms with Gasteiger partial charge >= 0.3 is 5.97 Å². The molecule has 2 aromatic rings. The van der Waals surface area contributed by atoms with Crippen LogP contribution < -0.4 is 5.32 Å². The Labute approximate surface area is 117 Å². The van der Waals surface area contributed by atoms with Gasteiger partial charge in [0.2, 0.25) is 0 Å². The van der Waals surface area contributed by atoms with E-state index in [0.717, 1.165) is 16.9 Å². The molecule has 0 atom stereocenters. The van der Waals surface area contributed by atoms with Crippen molar-refractivity contribution in [2.45, 2.75) is 13.5 Å². The lowest BCUT2D eigenvalue weighted by Gasteiger charge is -2.08. The van der Waals surface area contributed by atoms with Gasteiger partial charge in [-0.3, -0.25) is 4.68 Å². The van der Waals surface area contributed by atoms with E-state index >= 15 is 0 Å². The topological polar surface area (TPSA) is 76.4 Å². The molecule has 1 aromatic heterocycles. The second kappa shape index (κ2) is 6.21. The second-order valence-electron chi connectivity index (χ2n) is 4.44. The highest BCUT2D eigenvalue weighted by Crippen LogP contribution is 2.21.